The van der Waals surface area contributed by atoms with E-state index < -0.39 is 34.6 Å². The van der Waals surface area contributed by atoms with Gasteiger partial charge < -0.3 is 30.0 Å². The summed E-state index contributed by atoms with van der Waals surface area (Å²) in [5.74, 6) is -4.09. The molecule has 0 aliphatic carbocycles. The topological polar surface area (TPSA) is 121 Å². The van der Waals surface area contributed by atoms with Crippen LogP contribution in [0.5, 0.6) is 11.5 Å². The van der Waals surface area contributed by atoms with E-state index in [0.29, 0.717) is 0 Å². The van der Waals surface area contributed by atoms with Crippen molar-refractivity contribution in [2.45, 2.75) is 0 Å². The molecule has 25 heavy (non-hydrogen) atoms. The number of aromatic hydroxyl groups is 2. The second kappa shape index (κ2) is 10.2. The zero-order valence-corrected chi connectivity index (χ0v) is 16.5. The Labute approximate surface area is 177 Å². The van der Waals surface area contributed by atoms with Crippen molar-refractivity contribution in [2.24, 2.45) is 0 Å². The Balaban J connectivity index is 0.000000443. The number of carbonyl (C=O) groups excluding carboxylic acids is 2. The third-order valence-electron chi connectivity index (χ3n) is 2.50. The quantitative estimate of drug-likeness (QED) is 0.692. The van der Waals surface area contributed by atoms with E-state index >= 15 is 0 Å². The molecule has 0 bridgehead atoms. The van der Waals surface area contributed by atoms with E-state index in [1.807, 2.05) is 0 Å². The number of halogens is 4. The van der Waals surface area contributed by atoms with Crippen LogP contribution in [0.15, 0.2) is 24.3 Å². The Hall–Kier alpha value is -1.09. The van der Waals surface area contributed by atoms with E-state index in [0.717, 1.165) is 12.1 Å². The van der Waals surface area contributed by atoms with E-state index in [1.165, 1.54) is 12.1 Å². The van der Waals surface area contributed by atoms with Gasteiger partial charge in [-0.2, -0.15) is 0 Å². The molecular weight excluding hydrogens is 430 g/mol. The normalized spacial score (nSPS) is 9.44. The van der Waals surface area contributed by atoms with Crippen LogP contribution in [0.4, 0.5) is 0 Å². The van der Waals surface area contributed by atoms with Crippen LogP contribution in [0.3, 0.4) is 0 Å². The first-order valence-electron chi connectivity index (χ1n) is 5.83. The van der Waals surface area contributed by atoms with Crippen molar-refractivity contribution in [3.63, 3.8) is 0 Å². The molecule has 11 heteroatoms. The van der Waals surface area contributed by atoms with Gasteiger partial charge in [-0.05, 0) is 24.3 Å². The molecule has 0 saturated heterocycles. The van der Waals surface area contributed by atoms with Crippen LogP contribution >= 0.6 is 46.4 Å². The number of carboxylic acid groups (broad SMARTS) is 2. The second-order valence-corrected chi connectivity index (χ2v) is 5.83. The molecular formula is C14H6Cl4MgO6. The summed E-state index contributed by atoms with van der Waals surface area (Å²) in [5, 5.41) is 38.9. The molecule has 0 heterocycles. The van der Waals surface area contributed by atoms with E-state index in [9.17, 15) is 19.8 Å². The Morgan fingerprint density at radius 1 is 0.720 bits per heavy atom. The van der Waals surface area contributed by atoms with Gasteiger partial charge in [0.1, 0.15) is 11.5 Å². The number of carbonyl (C=O) groups is 2. The minimum Gasteiger partial charge on any atom is -0.545 e. The smallest absolute Gasteiger partial charge is 0.545 e. The molecule has 0 saturated carbocycles. The molecule has 2 aromatic carbocycles. The molecule has 0 unspecified atom stereocenters. The molecule has 0 aromatic heterocycles. The molecule has 2 rings (SSSR count). The minimum atomic E-state index is -1.52. The van der Waals surface area contributed by atoms with Crippen LogP contribution < -0.4 is 10.2 Å². The fourth-order valence-corrected chi connectivity index (χ4v) is 2.43. The first-order valence-corrected chi connectivity index (χ1v) is 7.34. The Kier molecular flexibility index (Phi) is 9.71. The van der Waals surface area contributed by atoms with Crippen molar-refractivity contribution in [1.82, 2.24) is 0 Å². The molecule has 0 spiro atoms. The van der Waals surface area contributed by atoms with Crippen molar-refractivity contribution in [2.75, 3.05) is 0 Å². The van der Waals surface area contributed by atoms with E-state index in [-0.39, 0.29) is 43.1 Å². The summed E-state index contributed by atoms with van der Waals surface area (Å²) in [4.78, 5) is 20.7. The molecule has 2 aromatic rings. The third kappa shape index (κ3) is 6.61. The van der Waals surface area contributed by atoms with Gasteiger partial charge in [-0.25, -0.2) is 0 Å². The second-order valence-electron chi connectivity index (χ2n) is 4.14. The predicted octanol–water partition coefficient (Wildman–Crippen LogP) is 1.74. The van der Waals surface area contributed by atoms with Gasteiger partial charge in [-0.1, -0.05) is 46.4 Å². The molecule has 0 fully saturated rings. The fourth-order valence-electron chi connectivity index (χ4n) is 1.44. The van der Waals surface area contributed by atoms with Gasteiger partial charge in [0.15, 0.2) is 0 Å². The average molecular weight is 436 g/mol. The molecule has 0 aliphatic rings. The standard InChI is InChI=1S/2C7H4Cl2O3.Mg/c2*8-3-1-4(7(11)12)6(10)5(9)2-3;/h2*1-2,10H,(H,11,12);/q;;+2/p-2. The van der Waals surface area contributed by atoms with Crippen LogP contribution in [0, 0.1) is 0 Å². The number of benzene rings is 2. The molecule has 0 atom stereocenters. The predicted molar refractivity (Wildman–Crippen MR) is 90.7 cm³/mol. The number of aromatic carboxylic acids is 2. The number of hydrogen-bond donors (Lipinski definition) is 2. The maximum atomic E-state index is 10.3. The monoisotopic (exact) mass is 434 g/mol. The summed E-state index contributed by atoms with van der Waals surface area (Å²) in [7, 11) is 0. The largest absolute Gasteiger partial charge is 2.00 e. The van der Waals surface area contributed by atoms with Gasteiger partial charge in [0.2, 0.25) is 0 Å². The van der Waals surface area contributed by atoms with Crippen LogP contribution in [-0.2, 0) is 0 Å². The summed E-state index contributed by atoms with van der Waals surface area (Å²) >= 11 is 21.8. The van der Waals surface area contributed by atoms with Gasteiger partial charge in [0.25, 0.3) is 0 Å². The summed E-state index contributed by atoms with van der Waals surface area (Å²) in [6.07, 6.45) is 0. The van der Waals surface area contributed by atoms with E-state index in [2.05, 4.69) is 0 Å². The van der Waals surface area contributed by atoms with Gasteiger partial charge in [0, 0.05) is 21.2 Å². The van der Waals surface area contributed by atoms with Crippen LogP contribution in [-0.4, -0.2) is 45.2 Å². The van der Waals surface area contributed by atoms with Gasteiger partial charge in [-0.15, -0.1) is 0 Å². The van der Waals surface area contributed by atoms with Crippen molar-refractivity contribution in [3.05, 3.63) is 55.5 Å². The average Bonchev–Trinajstić information content (AvgIpc) is 2.46. The summed E-state index contributed by atoms with van der Waals surface area (Å²) < 4.78 is 0. The number of rotatable bonds is 2. The Bertz CT molecular complexity index is 745. The van der Waals surface area contributed by atoms with Crippen molar-refractivity contribution >= 4 is 81.4 Å². The van der Waals surface area contributed by atoms with Crippen molar-refractivity contribution < 1.29 is 30.0 Å². The SMILES string of the molecule is O=C([O-])c1cc(Cl)cc(Cl)c1O.O=C([O-])c1cc(Cl)cc(Cl)c1O.[Mg+2]. The molecule has 0 radical (unpaired) electrons. The van der Waals surface area contributed by atoms with Gasteiger partial charge >= 0.3 is 23.1 Å². The molecule has 0 aliphatic heterocycles. The number of carboxylic acids is 2. The fraction of sp³-hybridized carbons (Fsp3) is 0. The zero-order valence-electron chi connectivity index (χ0n) is 12.1. The molecule has 128 valence electrons. The first kappa shape index (κ1) is 23.9. The number of hydrogen-bond acceptors (Lipinski definition) is 6. The third-order valence-corrected chi connectivity index (χ3v) is 3.51. The van der Waals surface area contributed by atoms with E-state index in [1.54, 1.807) is 0 Å². The Morgan fingerprint density at radius 2 is 1.00 bits per heavy atom. The molecule has 2 N–H and O–H groups in total. The maximum absolute atomic E-state index is 10.3. The molecule has 0 amide bonds. The van der Waals surface area contributed by atoms with Gasteiger partial charge in [0.05, 0.1) is 22.0 Å². The minimum absolute atomic E-state index is 0. The number of phenols is 2. The maximum Gasteiger partial charge on any atom is 2.00 e. The first-order chi connectivity index (χ1) is 11.0. The van der Waals surface area contributed by atoms with E-state index in [4.69, 9.17) is 56.6 Å². The zero-order chi connectivity index (χ0) is 18.6. The van der Waals surface area contributed by atoms with Gasteiger partial charge in [-0.3, -0.25) is 0 Å². The van der Waals surface area contributed by atoms with Crippen molar-refractivity contribution in [3.8, 4) is 11.5 Å². The Morgan fingerprint density at radius 3 is 1.24 bits per heavy atom. The van der Waals surface area contributed by atoms with Crippen LogP contribution in [0.1, 0.15) is 20.7 Å². The van der Waals surface area contributed by atoms with Crippen molar-refractivity contribution in [1.29, 1.82) is 0 Å². The van der Waals surface area contributed by atoms with Crippen LogP contribution in [0.2, 0.25) is 20.1 Å². The summed E-state index contributed by atoms with van der Waals surface area (Å²) in [6, 6.07) is 4.62. The van der Waals surface area contributed by atoms with Crippen LogP contribution in [0.25, 0.3) is 0 Å². The molecule has 6 nitrogen and oxygen atoms in total. The summed E-state index contributed by atoms with van der Waals surface area (Å²) in [6.45, 7) is 0. The summed E-state index contributed by atoms with van der Waals surface area (Å²) in [5.41, 5.74) is -0.819.